The standard InChI is InChI=1S/C9H17NO2/c1-2-3-9(12)10-7-4-5-8(11)6-7/h7-8,11H,2-6H2,1H3,(H,10,12). The molecule has 2 unspecified atom stereocenters. The van der Waals surface area contributed by atoms with Crippen LogP contribution in [0.1, 0.15) is 39.0 Å². The topological polar surface area (TPSA) is 49.3 Å². The van der Waals surface area contributed by atoms with E-state index in [1.54, 1.807) is 0 Å². The predicted octanol–water partition coefficient (Wildman–Crippen LogP) is 0.816. The number of hydrogen-bond acceptors (Lipinski definition) is 2. The summed E-state index contributed by atoms with van der Waals surface area (Å²) in [6.07, 6.45) is 3.79. The fourth-order valence-corrected chi connectivity index (χ4v) is 1.62. The number of hydrogen-bond donors (Lipinski definition) is 2. The second-order valence-corrected chi connectivity index (χ2v) is 3.48. The van der Waals surface area contributed by atoms with Gasteiger partial charge < -0.3 is 10.4 Å². The van der Waals surface area contributed by atoms with Crippen LogP contribution in [0.15, 0.2) is 0 Å². The van der Waals surface area contributed by atoms with Gasteiger partial charge in [-0.3, -0.25) is 4.79 Å². The molecule has 3 heteroatoms. The molecule has 2 N–H and O–H groups in total. The van der Waals surface area contributed by atoms with Crippen molar-refractivity contribution < 1.29 is 9.90 Å². The second kappa shape index (κ2) is 4.45. The summed E-state index contributed by atoms with van der Waals surface area (Å²) in [6.45, 7) is 1.99. The first-order chi connectivity index (χ1) is 5.72. The molecule has 1 saturated carbocycles. The van der Waals surface area contributed by atoms with Crippen molar-refractivity contribution in [1.82, 2.24) is 5.32 Å². The van der Waals surface area contributed by atoms with Crippen molar-refractivity contribution in [3.63, 3.8) is 0 Å². The SMILES string of the molecule is CCCC(=O)NC1CCC(O)C1. The highest BCUT2D eigenvalue weighted by Crippen LogP contribution is 2.18. The average Bonchev–Trinajstić information content (AvgIpc) is 2.36. The molecule has 1 aliphatic carbocycles. The van der Waals surface area contributed by atoms with Crippen LogP contribution in [0.3, 0.4) is 0 Å². The Morgan fingerprint density at radius 1 is 1.58 bits per heavy atom. The Hall–Kier alpha value is -0.570. The number of rotatable bonds is 3. The molecule has 1 amide bonds. The van der Waals surface area contributed by atoms with Crippen molar-refractivity contribution in [3.05, 3.63) is 0 Å². The van der Waals surface area contributed by atoms with Crippen molar-refractivity contribution in [2.75, 3.05) is 0 Å². The van der Waals surface area contributed by atoms with Crippen molar-refractivity contribution in [2.45, 2.75) is 51.2 Å². The minimum Gasteiger partial charge on any atom is -0.393 e. The zero-order chi connectivity index (χ0) is 8.97. The lowest BCUT2D eigenvalue weighted by Crippen LogP contribution is -2.32. The summed E-state index contributed by atoms with van der Waals surface area (Å²) in [6, 6.07) is 0.221. The van der Waals surface area contributed by atoms with Crippen LogP contribution in [-0.4, -0.2) is 23.2 Å². The molecule has 0 aliphatic heterocycles. The lowest BCUT2D eigenvalue weighted by Gasteiger charge is -2.11. The summed E-state index contributed by atoms with van der Waals surface area (Å²) in [5.74, 6) is 0.122. The Bertz CT molecular complexity index is 159. The molecule has 0 aromatic carbocycles. The number of carbonyl (C=O) groups is 1. The van der Waals surface area contributed by atoms with Gasteiger partial charge in [0, 0.05) is 12.5 Å². The van der Waals surface area contributed by atoms with Gasteiger partial charge in [-0.1, -0.05) is 6.92 Å². The molecule has 0 aromatic rings. The lowest BCUT2D eigenvalue weighted by molar-refractivity contribution is -0.121. The smallest absolute Gasteiger partial charge is 0.220 e. The summed E-state index contributed by atoms with van der Waals surface area (Å²) >= 11 is 0. The normalized spacial score (nSPS) is 28.8. The van der Waals surface area contributed by atoms with E-state index in [0.29, 0.717) is 6.42 Å². The van der Waals surface area contributed by atoms with E-state index in [-0.39, 0.29) is 18.1 Å². The summed E-state index contributed by atoms with van der Waals surface area (Å²) in [5, 5.41) is 12.1. The molecule has 1 rings (SSSR count). The molecule has 0 saturated heterocycles. The van der Waals surface area contributed by atoms with Crippen molar-refractivity contribution in [2.24, 2.45) is 0 Å². The van der Waals surface area contributed by atoms with Gasteiger partial charge in [0.2, 0.25) is 5.91 Å². The van der Waals surface area contributed by atoms with E-state index >= 15 is 0 Å². The predicted molar refractivity (Wildman–Crippen MR) is 46.7 cm³/mol. The molecule has 70 valence electrons. The minimum absolute atomic E-state index is 0.122. The molecule has 1 fully saturated rings. The van der Waals surface area contributed by atoms with Gasteiger partial charge in [0.15, 0.2) is 0 Å². The van der Waals surface area contributed by atoms with E-state index in [1.807, 2.05) is 6.92 Å². The van der Waals surface area contributed by atoms with Gasteiger partial charge in [0.05, 0.1) is 6.10 Å². The number of aliphatic hydroxyl groups excluding tert-OH is 1. The van der Waals surface area contributed by atoms with Gasteiger partial charge in [0.1, 0.15) is 0 Å². The van der Waals surface area contributed by atoms with Crippen molar-refractivity contribution in [1.29, 1.82) is 0 Å². The first kappa shape index (κ1) is 9.52. The van der Waals surface area contributed by atoms with E-state index in [4.69, 9.17) is 0 Å². The molecule has 12 heavy (non-hydrogen) atoms. The second-order valence-electron chi connectivity index (χ2n) is 3.48. The molecule has 2 atom stereocenters. The van der Waals surface area contributed by atoms with Crippen molar-refractivity contribution in [3.8, 4) is 0 Å². The Kier molecular flexibility index (Phi) is 3.53. The maximum absolute atomic E-state index is 11.1. The van der Waals surface area contributed by atoms with Gasteiger partial charge in [-0.15, -0.1) is 0 Å². The first-order valence-electron chi connectivity index (χ1n) is 4.69. The van der Waals surface area contributed by atoms with E-state index in [1.165, 1.54) is 0 Å². The van der Waals surface area contributed by atoms with E-state index in [2.05, 4.69) is 5.32 Å². The van der Waals surface area contributed by atoms with Crippen LogP contribution >= 0.6 is 0 Å². The zero-order valence-corrected chi connectivity index (χ0v) is 7.55. The maximum atomic E-state index is 11.1. The van der Waals surface area contributed by atoms with E-state index < -0.39 is 0 Å². The van der Waals surface area contributed by atoms with Crippen molar-refractivity contribution >= 4 is 5.91 Å². The summed E-state index contributed by atoms with van der Waals surface area (Å²) < 4.78 is 0. The van der Waals surface area contributed by atoms with Gasteiger partial charge in [-0.05, 0) is 25.7 Å². The van der Waals surface area contributed by atoms with Crippen LogP contribution in [-0.2, 0) is 4.79 Å². The fraction of sp³-hybridized carbons (Fsp3) is 0.889. The third-order valence-electron chi connectivity index (χ3n) is 2.25. The molecule has 0 radical (unpaired) electrons. The quantitative estimate of drug-likeness (QED) is 0.660. The highest BCUT2D eigenvalue weighted by molar-refractivity contribution is 5.76. The molecule has 0 heterocycles. The number of carbonyl (C=O) groups excluding carboxylic acids is 1. The Morgan fingerprint density at radius 3 is 2.83 bits per heavy atom. The van der Waals surface area contributed by atoms with Crippen LogP contribution in [0.4, 0.5) is 0 Å². The molecular weight excluding hydrogens is 154 g/mol. The molecule has 3 nitrogen and oxygen atoms in total. The van der Waals surface area contributed by atoms with Gasteiger partial charge >= 0.3 is 0 Å². The fourth-order valence-electron chi connectivity index (χ4n) is 1.62. The maximum Gasteiger partial charge on any atom is 0.220 e. The average molecular weight is 171 g/mol. The third kappa shape index (κ3) is 2.81. The first-order valence-corrected chi connectivity index (χ1v) is 4.69. The molecular formula is C9H17NO2. The highest BCUT2D eigenvalue weighted by Gasteiger charge is 2.23. The van der Waals surface area contributed by atoms with Crippen LogP contribution in [0, 0.1) is 0 Å². The molecule has 0 aromatic heterocycles. The Morgan fingerprint density at radius 2 is 2.33 bits per heavy atom. The highest BCUT2D eigenvalue weighted by atomic mass is 16.3. The third-order valence-corrected chi connectivity index (χ3v) is 2.25. The molecule has 0 spiro atoms. The summed E-state index contributed by atoms with van der Waals surface area (Å²) in [7, 11) is 0. The van der Waals surface area contributed by atoms with Crippen LogP contribution in [0.2, 0.25) is 0 Å². The van der Waals surface area contributed by atoms with Crippen LogP contribution in [0.5, 0.6) is 0 Å². The summed E-state index contributed by atoms with van der Waals surface area (Å²) in [5.41, 5.74) is 0. The van der Waals surface area contributed by atoms with Gasteiger partial charge in [0.25, 0.3) is 0 Å². The number of aliphatic hydroxyl groups is 1. The number of nitrogens with one attached hydrogen (secondary N) is 1. The largest absolute Gasteiger partial charge is 0.393 e. The monoisotopic (exact) mass is 171 g/mol. The number of amides is 1. The van der Waals surface area contributed by atoms with Gasteiger partial charge in [-0.25, -0.2) is 0 Å². The van der Waals surface area contributed by atoms with Gasteiger partial charge in [-0.2, -0.15) is 0 Å². The molecule has 0 bridgehead atoms. The van der Waals surface area contributed by atoms with Crippen LogP contribution < -0.4 is 5.32 Å². The Balaban J connectivity index is 2.18. The van der Waals surface area contributed by atoms with Crippen LogP contribution in [0.25, 0.3) is 0 Å². The minimum atomic E-state index is -0.197. The molecule has 1 aliphatic rings. The van der Waals surface area contributed by atoms with E-state index in [0.717, 1.165) is 25.7 Å². The Labute approximate surface area is 73.2 Å². The zero-order valence-electron chi connectivity index (χ0n) is 7.55. The van der Waals surface area contributed by atoms with E-state index in [9.17, 15) is 9.90 Å². The lowest BCUT2D eigenvalue weighted by atomic mass is 10.2. The summed E-state index contributed by atoms with van der Waals surface area (Å²) in [4.78, 5) is 11.1.